The van der Waals surface area contributed by atoms with Gasteiger partial charge in [0.25, 0.3) is 5.91 Å². The maximum Gasteiger partial charge on any atom is 0.256 e. The Bertz CT molecular complexity index is 880. The molecule has 0 aliphatic heterocycles. The molecule has 0 aliphatic rings. The van der Waals surface area contributed by atoms with Crippen LogP contribution in [-0.4, -0.2) is 43.3 Å². The summed E-state index contributed by atoms with van der Waals surface area (Å²) in [6.45, 7) is 2.09. The third-order valence-corrected chi connectivity index (χ3v) is 4.72. The molecule has 0 saturated heterocycles. The number of halogens is 1. The lowest BCUT2D eigenvalue weighted by Gasteiger charge is -2.30. The maximum absolute atomic E-state index is 13.3. The lowest BCUT2D eigenvalue weighted by molar-refractivity contribution is 0.0560. The van der Waals surface area contributed by atoms with E-state index in [0.29, 0.717) is 23.6 Å². The van der Waals surface area contributed by atoms with Gasteiger partial charge in [0, 0.05) is 18.6 Å². The van der Waals surface area contributed by atoms with Gasteiger partial charge in [-0.2, -0.15) is 5.10 Å². The van der Waals surface area contributed by atoms with Crippen LogP contribution in [-0.2, 0) is 6.54 Å². The molecule has 0 spiro atoms. The molecule has 1 atom stereocenters. The quantitative estimate of drug-likeness (QED) is 0.678. The molecule has 0 bridgehead atoms. The van der Waals surface area contributed by atoms with E-state index in [1.165, 1.54) is 0 Å². The highest BCUT2D eigenvalue weighted by Gasteiger charge is 2.25. The second kappa shape index (κ2) is 8.79. The van der Waals surface area contributed by atoms with Crippen molar-refractivity contribution in [1.82, 2.24) is 19.7 Å². The second-order valence-corrected chi connectivity index (χ2v) is 6.52. The fourth-order valence-corrected chi connectivity index (χ4v) is 3.08. The number of aliphatic hydroxyl groups excluding tert-OH is 1. The molecule has 6 nitrogen and oxygen atoms in total. The summed E-state index contributed by atoms with van der Waals surface area (Å²) in [5.74, 6) is -0.249. The predicted molar refractivity (Wildman–Crippen MR) is 104 cm³/mol. The van der Waals surface area contributed by atoms with Gasteiger partial charge in [0.1, 0.15) is 0 Å². The summed E-state index contributed by atoms with van der Waals surface area (Å²) in [6, 6.07) is 12.2. The Balaban J connectivity index is 1.97. The topological polar surface area (TPSA) is 71.2 Å². The molecule has 0 unspecified atom stereocenters. The number of aliphatic hydroxyl groups is 1. The molecule has 0 fully saturated rings. The summed E-state index contributed by atoms with van der Waals surface area (Å²) in [5, 5.41) is 14.3. The molecule has 1 aromatic carbocycles. The Morgan fingerprint density at radius 1 is 1.26 bits per heavy atom. The van der Waals surface area contributed by atoms with E-state index in [4.69, 9.17) is 11.6 Å². The summed E-state index contributed by atoms with van der Waals surface area (Å²) in [5.41, 5.74) is 1.85. The van der Waals surface area contributed by atoms with Gasteiger partial charge in [-0.3, -0.25) is 9.78 Å². The summed E-state index contributed by atoms with van der Waals surface area (Å²) in [4.78, 5) is 19.2. The van der Waals surface area contributed by atoms with Gasteiger partial charge >= 0.3 is 0 Å². The van der Waals surface area contributed by atoms with Gasteiger partial charge in [0.15, 0.2) is 0 Å². The van der Waals surface area contributed by atoms with Crippen LogP contribution in [0, 0.1) is 0 Å². The third kappa shape index (κ3) is 4.35. The SMILES string of the molecule is CC[C@H](CO)N(Cc1ccccn1)C(=O)c1cc(-n2cccn2)ccc1Cl. The normalized spacial score (nSPS) is 12.0. The fourth-order valence-electron chi connectivity index (χ4n) is 2.88. The Hall–Kier alpha value is -2.70. The maximum atomic E-state index is 13.3. The molecule has 27 heavy (non-hydrogen) atoms. The zero-order valence-corrected chi connectivity index (χ0v) is 15.8. The standard InChI is InChI=1S/C20H21ClN4O2/c1-2-16(14-26)24(13-15-6-3-4-9-22-15)20(27)18-12-17(7-8-19(18)21)25-11-5-10-23-25/h3-12,16,26H,2,13-14H2,1H3/t16-/m1/s1. The largest absolute Gasteiger partial charge is 0.394 e. The Labute approximate surface area is 163 Å². The number of carbonyl (C=O) groups excluding carboxylic acids is 1. The number of amides is 1. The minimum absolute atomic E-state index is 0.133. The monoisotopic (exact) mass is 384 g/mol. The van der Waals surface area contributed by atoms with Crippen molar-refractivity contribution in [3.8, 4) is 5.69 Å². The molecule has 1 N–H and O–H groups in total. The highest BCUT2D eigenvalue weighted by Crippen LogP contribution is 2.23. The molecular weight excluding hydrogens is 364 g/mol. The van der Waals surface area contributed by atoms with Crippen molar-refractivity contribution >= 4 is 17.5 Å². The molecule has 0 aliphatic carbocycles. The van der Waals surface area contributed by atoms with Crippen LogP contribution in [0.4, 0.5) is 0 Å². The average Bonchev–Trinajstić information content (AvgIpc) is 3.23. The van der Waals surface area contributed by atoms with Crippen molar-refractivity contribution in [2.75, 3.05) is 6.61 Å². The highest BCUT2D eigenvalue weighted by molar-refractivity contribution is 6.33. The molecule has 3 aromatic rings. The van der Waals surface area contributed by atoms with Crippen LogP contribution in [0.1, 0.15) is 29.4 Å². The van der Waals surface area contributed by atoms with Crippen LogP contribution < -0.4 is 0 Å². The highest BCUT2D eigenvalue weighted by atomic mass is 35.5. The molecule has 7 heteroatoms. The summed E-state index contributed by atoms with van der Waals surface area (Å²) in [6.07, 6.45) is 5.77. The Morgan fingerprint density at radius 3 is 2.74 bits per heavy atom. The minimum atomic E-state index is -0.330. The number of carbonyl (C=O) groups is 1. The smallest absolute Gasteiger partial charge is 0.256 e. The third-order valence-electron chi connectivity index (χ3n) is 4.39. The van der Waals surface area contributed by atoms with E-state index in [9.17, 15) is 9.90 Å². The zero-order chi connectivity index (χ0) is 19.2. The van der Waals surface area contributed by atoms with Crippen molar-refractivity contribution in [2.24, 2.45) is 0 Å². The summed E-state index contributed by atoms with van der Waals surface area (Å²) >= 11 is 6.34. The van der Waals surface area contributed by atoms with Gasteiger partial charge in [-0.15, -0.1) is 0 Å². The molecule has 3 rings (SSSR count). The van der Waals surface area contributed by atoms with Gasteiger partial charge in [0.05, 0.1) is 41.2 Å². The average molecular weight is 385 g/mol. The molecular formula is C20H21ClN4O2. The number of pyridine rings is 1. The van der Waals surface area contributed by atoms with Crippen LogP contribution in [0.2, 0.25) is 5.02 Å². The summed E-state index contributed by atoms with van der Waals surface area (Å²) < 4.78 is 1.67. The molecule has 0 saturated carbocycles. The van der Waals surface area contributed by atoms with Gasteiger partial charge in [-0.05, 0) is 42.8 Å². The first-order chi connectivity index (χ1) is 13.1. The van der Waals surface area contributed by atoms with Gasteiger partial charge in [-0.25, -0.2) is 4.68 Å². The van der Waals surface area contributed by atoms with Crippen molar-refractivity contribution in [1.29, 1.82) is 0 Å². The number of rotatable bonds is 7. The Kier molecular flexibility index (Phi) is 6.21. The first-order valence-electron chi connectivity index (χ1n) is 8.75. The molecule has 0 radical (unpaired) electrons. The number of benzene rings is 1. The first kappa shape index (κ1) is 19.1. The number of nitrogens with zero attached hydrogens (tertiary/aromatic N) is 4. The lowest BCUT2D eigenvalue weighted by atomic mass is 10.1. The number of aromatic nitrogens is 3. The van der Waals surface area contributed by atoms with Crippen LogP contribution >= 0.6 is 11.6 Å². The van der Waals surface area contributed by atoms with Crippen LogP contribution in [0.3, 0.4) is 0 Å². The van der Waals surface area contributed by atoms with E-state index in [1.807, 2.05) is 31.2 Å². The first-order valence-corrected chi connectivity index (χ1v) is 9.13. The number of hydrogen-bond acceptors (Lipinski definition) is 4. The van der Waals surface area contributed by atoms with Crippen LogP contribution in [0.25, 0.3) is 5.69 Å². The molecule has 2 aromatic heterocycles. The van der Waals surface area contributed by atoms with E-state index in [0.717, 1.165) is 11.4 Å². The van der Waals surface area contributed by atoms with Crippen molar-refractivity contribution < 1.29 is 9.90 Å². The lowest BCUT2D eigenvalue weighted by Crippen LogP contribution is -2.42. The predicted octanol–water partition coefficient (Wildman–Crippen LogP) is 3.33. The van der Waals surface area contributed by atoms with Gasteiger partial charge in [-0.1, -0.05) is 24.6 Å². The fraction of sp³-hybridized carbons (Fsp3) is 0.250. The molecule has 140 valence electrons. The van der Waals surface area contributed by atoms with E-state index in [2.05, 4.69) is 10.1 Å². The van der Waals surface area contributed by atoms with E-state index in [1.54, 1.807) is 46.4 Å². The van der Waals surface area contributed by atoms with Crippen molar-refractivity contribution in [3.63, 3.8) is 0 Å². The second-order valence-electron chi connectivity index (χ2n) is 6.11. The zero-order valence-electron chi connectivity index (χ0n) is 15.0. The molecule has 1 amide bonds. The molecule has 2 heterocycles. The summed E-state index contributed by atoms with van der Waals surface area (Å²) in [7, 11) is 0. The van der Waals surface area contributed by atoms with E-state index < -0.39 is 0 Å². The van der Waals surface area contributed by atoms with Crippen molar-refractivity contribution in [2.45, 2.75) is 25.9 Å². The van der Waals surface area contributed by atoms with Crippen molar-refractivity contribution in [3.05, 3.63) is 77.3 Å². The van der Waals surface area contributed by atoms with E-state index in [-0.39, 0.29) is 18.6 Å². The number of hydrogen-bond donors (Lipinski definition) is 1. The Morgan fingerprint density at radius 2 is 2.11 bits per heavy atom. The minimum Gasteiger partial charge on any atom is -0.394 e. The van der Waals surface area contributed by atoms with Crippen LogP contribution in [0.15, 0.2) is 61.1 Å². The van der Waals surface area contributed by atoms with Gasteiger partial charge in [0.2, 0.25) is 0 Å². The van der Waals surface area contributed by atoms with Crippen LogP contribution in [0.5, 0.6) is 0 Å². The van der Waals surface area contributed by atoms with Gasteiger partial charge < -0.3 is 10.0 Å². The van der Waals surface area contributed by atoms with E-state index >= 15 is 0 Å².